The van der Waals surface area contributed by atoms with E-state index in [4.69, 9.17) is 14.2 Å². The van der Waals surface area contributed by atoms with Crippen molar-refractivity contribution >= 4 is 24.2 Å². The van der Waals surface area contributed by atoms with E-state index in [-0.39, 0.29) is 5.91 Å². The molecule has 0 spiro atoms. The van der Waals surface area contributed by atoms with E-state index in [1.54, 1.807) is 87.0 Å². The van der Waals surface area contributed by atoms with Crippen LogP contribution in [0.5, 0.6) is 17.2 Å². The predicted molar refractivity (Wildman–Crippen MR) is 122 cm³/mol. The summed E-state index contributed by atoms with van der Waals surface area (Å²) in [5, 5.41) is 3.96. The number of carbonyl (C=O) groups excluding carboxylic acids is 2. The molecule has 7 nitrogen and oxygen atoms in total. The largest absolute Gasteiger partial charge is 0.493 e. The summed E-state index contributed by atoms with van der Waals surface area (Å²) >= 11 is 0. The molecule has 3 aromatic rings. The molecule has 0 radical (unpaired) electrons. The minimum absolute atomic E-state index is 0.312. The summed E-state index contributed by atoms with van der Waals surface area (Å²) in [6.07, 6.45) is 4.34. The summed E-state index contributed by atoms with van der Waals surface area (Å²) in [6.45, 7) is 0. The molecule has 3 aromatic carbocycles. The van der Waals surface area contributed by atoms with E-state index in [9.17, 15) is 9.59 Å². The number of carbonyl (C=O) groups is 2. The number of hydrogen-bond donors (Lipinski definition) is 1. The molecule has 0 unspecified atom stereocenters. The van der Waals surface area contributed by atoms with Crippen LogP contribution in [-0.4, -0.2) is 32.3 Å². The third-order valence-corrected chi connectivity index (χ3v) is 4.35. The minimum atomic E-state index is -0.561. The molecule has 1 amide bonds. The van der Waals surface area contributed by atoms with Gasteiger partial charge in [-0.1, -0.05) is 36.4 Å². The lowest BCUT2D eigenvalue weighted by atomic mass is 10.2. The van der Waals surface area contributed by atoms with E-state index in [0.717, 1.165) is 5.56 Å². The zero-order valence-corrected chi connectivity index (χ0v) is 17.6. The maximum atomic E-state index is 12.3. The molecule has 0 atom stereocenters. The lowest BCUT2D eigenvalue weighted by Crippen LogP contribution is -2.17. The molecular formula is C25H22N2O5. The van der Waals surface area contributed by atoms with Crippen LogP contribution in [-0.2, 0) is 4.79 Å². The van der Waals surface area contributed by atoms with E-state index >= 15 is 0 Å². The smallest absolute Gasteiger partial charge is 0.336 e. The first kappa shape index (κ1) is 22.3. The molecule has 7 heteroatoms. The van der Waals surface area contributed by atoms with Crippen LogP contribution in [0.4, 0.5) is 0 Å². The Bertz CT molecular complexity index is 1140. The van der Waals surface area contributed by atoms with Crippen molar-refractivity contribution in [3.63, 3.8) is 0 Å². The molecule has 0 heterocycles. The van der Waals surface area contributed by atoms with Crippen LogP contribution in [0.1, 0.15) is 21.5 Å². The molecule has 0 saturated heterocycles. The minimum Gasteiger partial charge on any atom is -0.493 e. The van der Waals surface area contributed by atoms with Gasteiger partial charge in [0.15, 0.2) is 11.5 Å². The number of nitrogens with zero attached hydrogens (tertiary/aromatic N) is 1. The van der Waals surface area contributed by atoms with Crippen molar-refractivity contribution in [2.24, 2.45) is 5.10 Å². The van der Waals surface area contributed by atoms with Crippen LogP contribution >= 0.6 is 0 Å². The SMILES string of the molecule is COc1ccc(C=CC(=O)Oc2ccccc2C=NNC(=O)c2ccccc2)cc1OC. The van der Waals surface area contributed by atoms with Gasteiger partial charge in [-0.15, -0.1) is 0 Å². The maximum Gasteiger partial charge on any atom is 0.336 e. The van der Waals surface area contributed by atoms with Gasteiger partial charge >= 0.3 is 5.97 Å². The third-order valence-electron chi connectivity index (χ3n) is 4.35. The number of hydrogen-bond acceptors (Lipinski definition) is 6. The zero-order chi connectivity index (χ0) is 22.8. The highest BCUT2D eigenvalue weighted by Crippen LogP contribution is 2.28. The average Bonchev–Trinajstić information content (AvgIpc) is 2.84. The topological polar surface area (TPSA) is 86.2 Å². The van der Waals surface area contributed by atoms with Crippen molar-refractivity contribution in [3.05, 3.63) is 95.6 Å². The lowest BCUT2D eigenvalue weighted by molar-refractivity contribution is -0.128. The third kappa shape index (κ3) is 6.06. The molecule has 0 aliphatic heterocycles. The van der Waals surface area contributed by atoms with Gasteiger partial charge in [0.25, 0.3) is 5.91 Å². The highest BCUT2D eigenvalue weighted by atomic mass is 16.5. The number of amides is 1. The summed E-state index contributed by atoms with van der Waals surface area (Å²) < 4.78 is 15.9. The van der Waals surface area contributed by atoms with Gasteiger partial charge in [0.05, 0.1) is 20.4 Å². The van der Waals surface area contributed by atoms with Crippen molar-refractivity contribution in [2.45, 2.75) is 0 Å². The number of para-hydroxylation sites is 1. The second kappa shape index (κ2) is 11.1. The molecule has 0 aliphatic carbocycles. The molecular weight excluding hydrogens is 408 g/mol. The standard InChI is InChI=1S/C25H22N2O5/c1-30-22-14-12-18(16-23(22)31-2)13-15-24(28)32-21-11-7-6-10-20(21)17-26-27-25(29)19-8-4-3-5-9-19/h3-17H,1-2H3,(H,27,29). The molecule has 1 N–H and O–H groups in total. The normalized spacial score (nSPS) is 10.8. The van der Waals surface area contributed by atoms with Gasteiger partial charge in [-0.3, -0.25) is 4.79 Å². The first-order chi connectivity index (χ1) is 15.6. The van der Waals surface area contributed by atoms with Crippen LogP contribution in [0, 0.1) is 0 Å². The Labute approximate surface area is 185 Å². The van der Waals surface area contributed by atoms with Crippen LogP contribution in [0.3, 0.4) is 0 Å². The second-order valence-electron chi connectivity index (χ2n) is 6.47. The Balaban J connectivity index is 1.64. The van der Waals surface area contributed by atoms with Gasteiger partial charge in [-0.2, -0.15) is 5.10 Å². The molecule has 162 valence electrons. The van der Waals surface area contributed by atoms with E-state index in [1.807, 2.05) is 6.07 Å². The van der Waals surface area contributed by atoms with Crippen LogP contribution in [0.15, 0.2) is 84.0 Å². The number of ether oxygens (including phenoxy) is 3. The Kier molecular flexibility index (Phi) is 7.75. The maximum absolute atomic E-state index is 12.3. The van der Waals surface area contributed by atoms with Gasteiger partial charge < -0.3 is 14.2 Å². The number of nitrogens with one attached hydrogen (secondary N) is 1. The fraction of sp³-hybridized carbons (Fsp3) is 0.0800. The second-order valence-corrected chi connectivity index (χ2v) is 6.47. The first-order valence-electron chi connectivity index (χ1n) is 9.70. The van der Waals surface area contributed by atoms with Crippen LogP contribution in [0.25, 0.3) is 6.08 Å². The lowest BCUT2D eigenvalue weighted by Gasteiger charge is -2.07. The number of benzene rings is 3. The molecule has 0 aliphatic rings. The average molecular weight is 430 g/mol. The Morgan fingerprint density at radius 1 is 0.844 bits per heavy atom. The zero-order valence-electron chi connectivity index (χ0n) is 17.6. The molecule has 3 rings (SSSR count). The van der Waals surface area contributed by atoms with Crippen molar-refractivity contribution in [1.82, 2.24) is 5.43 Å². The number of esters is 1. The Hall–Kier alpha value is -4.39. The van der Waals surface area contributed by atoms with Gasteiger partial charge in [0.1, 0.15) is 5.75 Å². The van der Waals surface area contributed by atoms with Crippen molar-refractivity contribution < 1.29 is 23.8 Å². The molecule has 0 bridgehead atoms. The quantitative estimate of drug-likeness (QED) is 0.191. The van der Waals surface area contributed by atoms with Gasteiger partial charge in [0, 0.05) is 17.2 Å². The Morgan fingerprint density at radius 2 is 1.56 bits per heavy atom. The molecule has 0 aromatic heterocycles. The summed E-state index contributed by atoms with van der Waals surface area (Å²) in [5.74, 6) is 0.567. The van der Waals surface area contributed by atoms with Crippen molar-refractivity contribution in [3.8, 4) is 17.2 Å². The number of methoxy groups -OCH3 is 2. The molecule has 0 fully saturated rings. The predicted octanol–water partition coefficient (Wildman–Crippen LogP) is 4.09. The van der Waals surface area contributed by atoms with E-state index < -0.39 is 5.97 Å². The van der Waals surface area contributed by atoms with Gasteiger partial charge in [-0.05, 0) is 48.0 Å². The van der Waals surface area contributed by atoms with E-state index in [0.29, 0.717) is 28.4 Å². The molecule has 0 saturated carbocycles. The van der Waals surface area contributed by atoms with Crippen molar-refractivity contribution in [2.75, 3.05) is 14.2 Å². The first-order valence-corrected chi connectivity index (χ1v) is 9.70. The highest BCUT2D eigenvalue weighted by Gasteiger charge is 2.07. The molecule has 32 heavy (non-hydrogen) atoms. The number of rotatable bonds is 8. The van der Waals surface area contributed by atoms with E-state index in [2.05, 4.69) is 10.5 Å². The van der Waals surface area contributed by atoms with Crippen LogP contribution in [0.2, 0.25) is 0 Å². The summed E-state index contributed by atoms with van der Waals surface area (Å²) in [4.78, 5) is 24.4. The fourth-order valence-corrected chi connectivity index (χ4v) is 2.76. The highest BCUT2D eigenvalue weighted by molar-refractivity contribution is 5.95. The number of hydrazone groups is 1. The van der Waals surface area contributed by atoms with Gasteiger partial charge in [0.2, 0.25) is 0 Å². The van der Waals surface area contributed by atoms with Gasteiger partial charge in [-0.25, -0.2) is 10.2 Å². The summed E-state index contributed by atoms with van der Waals surface area (Å²) in [6, 6.07) is 20.9. The van der Waals surface area contributed by atoms with Crippen LogP contribution < -0.4 is 19.6 Å². The summed E-state index contributed by atoms with van der Waals surface area (Å²) in [5.41, 5.74) is 4.22. The summed E-state index contributed by atoms with van der Waals surface area (Å²) in [7, 11) is 3.10. The monoisotopic (exact) mass is 430 g/mol. The van der Waals surface area contributed by atoms with E-state index in [1.165, 1.54) is 12.3 Å². The van der Waals surface area contributed by atoms with Crippen molar-refractivity contribution in [1.29, 1.82) is 0 Å². The Morgan fingerprint density at radius 3 is 2.31 bits per heavy atom. The fourth-order valence-electron chi connectivity index (χ4n) is 2.76.